The van der Waals surface area contributed by atoms with E-state index in [9.17, 15) is 9.59 Å². The number of anilines is 1. The molecule has 0 unspecified atom stereocenters. The fourth-order valence-corrected chi connectivity index (χ4v) is 3.29. The van der Waals surface area contributed by atoms with Crippen molar-refractivity contribution in [3.05, 3.63) is 64.1 Å². The number of halogens is 1. The maximum atomic E-state index is 12.5. The lowest BCUT2D eigenvalue weighted by atomic mass is 9.95. The van der Waals surface area contributed by atoms with E-state index in [1.807, 2.05) is 55.5 Å². The number of nitrogens with one attached hydrogen (secondary N) is 1. The molecule has 2 aromatic carbocycles. The van der Waals surface area contributed by atoms with E-state index in [0.29, 0.717) is 6.42 Å². The van der Waals surface area contributed by atoms with E-state index < -0.39 is 0 Å². The molecule has 0 fully saturated rings. The number of hydrogen-bond acceptors (Lipinski definition) is 2. The molecule has 2 amide bonds. The minimum absolute atomic E-state index is 0.0400. The normalized spacial score (nSPS) is 17.2. The summed E-state index contributed by atoms with van der Waals surface area (Å²) in [6, 6.07) is 15.2. The second-order valence-electron chi connectivity index (χ2n) is 5.47. The number of carbonyl (C=O) groups excluding carboxylic acids is 2. The molecule has 0 bridgehead atoms. The average Bonchev–Trinajstić information content (AvgIpc) is 2.70. The zero-order valence-corrected chi connectivity index (χ0v) is 14.3. The van der Waals surface area contributed by atoms with Crippen LogP contribution in [0.5, 0.6) is 0 Å². The fourth-order valence-electron chi connectivity index (χ4n) is 2.91. The lowest BCUT2D eigenvalue weighted by molar-refractivity contribution is -0.135. The van der Waals surface area contributed by atoms with E-state index in [1.165, 1.54) is 0 Å². The Balaban J connectivity index is 2.21. The van der Waals surface area contributed by atoms with Crippen molar-refractivity contribution in [1.29, 1.82) is 0 Å². The van der Waals surface area contributed by atoms with Gasteiger partial charge in [-0.2, -0.15) is 0 Å². The number of rotatable bonds is 2. The Hall–Kier alpha value is -2.14. The van der Waals surface area contributed by atoms with Crippen molar-refractivity contribution in [2.45, 2.75) is 19.4 Å². The Labute approximate surface area is 143 Å². The Kier molecular flexibility index (Phi) is 4.48. The molecule has 0 spiro atoms. The molecule has 1 aliphatic rings. The van der Waals surface area contributed by atoms with Gasteiger partial charge in [0.2, 0.25) is 11.8 Å². The van der Waals surface area contributed by atoms with E-state index in [1.54, 1.807) is 4.90 Å². The predicted octanol–water partition coefficient (Wildman–Crippen LogP) is 3.73. The second kappa shape index (κ2) is 6.54. The molecule has 3 rings (SSSR count). The first-order chi connectivity index (χ1) is 11.1. The maximum Gasteiger partial charge on any atom is 0.244 e. The van der Waals surface area contributed by atoms with Crippen LogP contribution in [0.15, 0.2) is 53.0 Å². The third kappa shape index (κ3) is 3.15. The Morgan fingerprint density at radius 3 is 2.70 bits per heavy atom. The molecular weight excluding hydrogens is 356 g/mol. The van der Waals surface area contributed by atoms with Crippen LogP contribution in [0.2, 0.25) is 0 Å². The molecule has 0 aromatic heterocycles. The van der Waals surface area contributed by atoms with E-state index in [2.05, 4.69) is 21.2 Å². The van der Waals surface area contributed by atoms with Gasteiger partial charge >= 0.3 is 0 Å². The van der Waals surface area contributed by atoms with Crippen LogP contribution in [0.3, 0.4) is 0 Å². The SMILES string of the molecule is CCC(=O)N1CC(=O)Nc2ccc(Br)cc2[C@H]1c1ccccc1. The van der Waals surface area contributed by atoms with Gasteiger partial charge in [0.15, 0.2) is 0 Å². The molecule has 1 heterocycles. The molecule has 1 atom stereocenters. The highest BCUT2D eigenvalue weighted by atomic mass is 79.9. The van der Waals surface area contributed by atoms with Gasteiger partial charge < -0.3 is 10.2 Å². The summed E-state index contributed by atoms with van der Waals surface area (Å²) in [7, 11) is 0. The van der Waals surface area contributed by atoms with Crippen molar-refractivity contribution in [1.82, 2.24) is 4.90 Å². The molecule has 23 heavy (non-hydrogen) atoms. The highest BCUT2D eigenvalue weighted by Crippen LogP contribution is 2.37. The lowest BCUT2D eigenvalue weighted by Crippen LogP contribution is -2.38. The first-order valence-electron chi connectivity index (χ1n) is 7.54. The van der Waals surface area contributed by atoms with E-state index in [0.717, 1.165) is 21.3 Å². The minimum Gasteiger partial charge on any atom is -0.324 e. The molecule has 2 aromatic rings. The largest absolute Gasteiger partial charge is 0.324 e. The summed E-state index contributed by atoms with van der Waals surface area (Å²) in [5.41, 5.74) is 2.65. The summed E-state index contributed by atoms with van der Waals surface area (Å²) in [6.07, 6.45) is 0.361. The van der Waals surface area contributed by atoms with Crippen LogP contribution < -0.4 is 5.32 Å². The van der Waals surface area contributed by atoms with Gasteiger partial charge in [0.25, 0.3) is 0 Å². The van der Waals surface area contributed by atoms with Crippen LogP contribution in [0.1, 0.15) is 30.5 Å². The van der Waals surface area contributed by atoms with Gasteiger partial charge in [-0.3, -0.25) is 9.59 Å². The van der Waals surface area contributed by atoms with Gasteiger partial charge in [-0.05, 0) is 23.8 Å². The Bertz CT molecular complexity index is 746. The Morgan fingerprint density at radius 1 is 1.26 bits per heavy atom. The zero-order chi connectivity index (χ0) is 16.4. The maximum absolute atomic E-state index is 12.5. The summed E-state index contributed by atoms with van der Waals surface area (Å²) in [6.45, 7) is 1.87. The molecule has 5 heteroatoms. The number of benzene rings is 2. The predicted molar refractivity (Wildman–Crippen MR) is 93.1 cm³/mol. The summed E-state index contributed by atoms with van der Waals surface area (Å²) >= 11 is 3.49. The lowest BCUT2D eigenvalue weighted by Gasteiger charge is -2.30. The molecule has 1 aliphatic heterocycles. The molecule has 0 saturated heterocycles. The highest BCUT2D eigenvalue weighted by Gasteiger charge is 2.32. The van der Waals surface area contributed by atoms with Crippen molar-refractivity contribution in [3.8, 4) is 0 Å². The molecule has 0 saturated carbocycles. The van der Waals surface area contributed by atoms with Gasteiger partial charge in [0.1, 0.15) is 6.54 Å². The van der Waals surface area contributed by atoms with Gasteiger partial charge in [-0.15, -0.1) is 0 Å². The number of amides is 2. The first-order valence-corrected chi connectivity index (χ1v) is 8.33. The quantitative estimate of drug-likeness (QED) is 0.872. The molecular formula is C18H17BrN2O2. The van der Waals surface area contributed by atoms with Crippen molar-refractivity contribution in [2.75, 3.05) is 11.9 Å². The van der Waals surface area contributed by atoms with Crippen LogP contribution in [0, 0.1) is 0 Å². The van der Waals surface area contributed by atoms with E-state index in [-0.39, 0.29) is 24.4 Å². The summed E-state index contributed by atoms with van der Waals surface area (Å²) < 4.78 is 0.914. The van der Waals surface area contributed by atoms with E-state index >= 15 is 0 Å². The van der Waals surface area contributed by atoms with Crippen molar-refractivity contribution < 1.29 is 9.59 Å². The minimum atomic E-state index is -0.282. The molecule has 4 nitrogen and oxygen atoms in total. The molecule has 1 N–H and O–H groups in total. The number of nitrogens with zero attached hydrogens (tertiary/aromatic N) is 1. The van der Waals surface area contributed by atoms with Crippen LogP contribution in [-0.2, 0) is 9.59 Å². The van der Waals surface area contributed by atoms with E-state index in [4.69, 9.17) is 0 Å². The third-order valence-electron chi connectivity index (χ3n) is 3.95. The van der Waals surface area contributed by atoms with Crippen molar-refractivity contribution in [2.24, 2.45) is 0 Å². The van der Waals surface area contributed by atoms with Crippen LogP contribution in [-0.4, -0.2) is 23.3 Å². The zero-order valence-electron chi connectivity index (χ0n) is 12.8. The number of carbonyl (C=O) groups is 2. The fraction of sp³-hybridized carbons (Fsp3) is 0.222. The third-order valence-corrected chi connectivity index (χ3v) is 4.44. The molecule has 0 radical (unpaired) electrons. The monoisotopic (exact) mass is 372 g/mol. The van der Waals surface area contributed by atoms with Gasteiger partial charge in [-0.25, -0.2) is 0 Å². The van der Waals surface area contributed by atoms with Crippen LogP contribution in [0.25, 0.3) is 0 Å². The van der Waals surface area contributed by atoms with Gasteiger partial charge in [0, 0.05) is 22.1 Å². The molecule has 0 aliphatic carbocycles. The number of fused-ring (bicyclic) bond motifs is 1. The van der Waals surface area contributed by atoms with Gasteiger partial charge in [0.05, 0.1) is 6.04 Å². The topological polar surface area (TPSA) is 49.4 Å². The molecule has 118 valence electrons. The van der Waals surface area contributed by atoms with Crippen LogP contribution >= 0.6 is 15.9 Å². The smallest absolute Gasteiger partial charge is 0.244 e. The summed E-state index contributed by atoms with van der Waals surface area (Å²) in [5, 5.41) is 2.90. The standard InChI is InChI=1S/C18H17BrN2O2/c1-2-17(23)21-11-16(22)20-15-9-8-13(19)10-14(15)18(21)12-6-4-3-5-7-12/h3-10,18H,2,11H2,1H3,(H,20,22)/t18-/m1/s1. The van der Waals surface area contributed by atoms with Crippen molar-refractivity contribution in [3.63, 3.8) is 0 Å². The highest BCUT2D eigenvalue weighted by molar-refractivity contribution is 9.10. The average molecular weight is 373 g/mol. The van der Waals surface area contributed by atoms with Crippen molar-refractivity contribution >= 4 is 33.4 Å². The van der Waals surface area contributed by atoms with Gasteiger partial charge in [-0.1, -0.05) is 53.2 Å². The second-order valence-corrected chi connectivity index (χ2v) is 6.38. The van der Waals surface area contributed by atoms with Crippen LogP contribution in [0.4, 0.5) is 5.69 Å². The first kappa shape index (κ1) is 15.7. The summed E-state index contributed by atoms with van der Waals surface area (Å²) in [5.74, 6) is -0.212. The summed E-state index contributed by atoms with van der Waals surface area (Å²) in [4.78, 5) is 26.4. The number of hydrogen-bond donors (Lipinski definition) is 1. The Morgan fingerprint density at radius 2 is 2.00 bits per heavy atom.